The first-order chi connectivity index (χ1) is 18.2. The van der Waals surface area contributed by atoms with Gasteiger partial charge in [0.05, 0.1) is 34.4 Å². The minimum atomic E-state index is -1.50. The van der Waals surface area contributed by atoms with Gasteiger partial charge in [-0.05, 0) is 45.6 Å². The lowest BCUT2D eigenvalue weighted by Crippen LogP contribution is -2.68. The molecule has 6 rings (SSSR count). The molecule has 0 saturated carbocycles. The number of aliphatic hydroxyl groups is 3. The zero-order chi connectivity index (χ0) is 28.3. The van der Waals surface area contributed by atoms with Gasteiger partial charge in [-0.3, -0.25) is 9.59 Å². The van der Waals surface area contributed by atoms with Crippen molar-refractivity contribution in [3.05, 3.63) is 51.1 Å². The van der Waals surface area contributed by atoms with Crippen LogP contribution in [0.4, 0.5) is 0 Å². The molecule has 39 heavy (non-hydrogen) atoms. The predicted molar refractivity (Wildman–Crippen MR) is 134 cm³/mol. The molecule has 1 saturated heterocycles. The van der Waals surface area contributed by atoms with Crippen LogP contribution in [0.5, 0.6) is 17.2 Å². The van der Waals surface area contributed by atoms with Crippen LogP contribution in [-0.4, -0.2) is 93.3 Å². The maximum Gasteiger partial charge on any atom is 0.228 e. The molecule has 0 radical (unpaired) electrons. The summed E-state index contributed by atoms with van der Waals surface area (Å²) in [6, 6.07) is 1.90. The van der Waals surface area contributed by atoms with Crippen LogP contribution >= 0.6 is 0 Å². The topological polar surface area (TPSA) is 166 Å². The van der Waals surface area contributed by atoms with Crippen molar-refractivity contribution in [3.8, 4) is 17.2 Å². The van der Waals surface area contributed by atoms with E-state index in [0.717, 1.165) is 0 Å². The summed E-state index contributed by atoms with van der Waals surface area (Å²) in [5.74, 6) is -2.54. The van der Waals surface area contributed by atoms with Crippen LogP contribution in [0.1, 0.15) is 74.9 Å². The van der Waals surface area contributed by atoms with E-state index in [1.165, 1.54) is 19.2 Å². The Bertz CT molecular complexity index is 1450. The molecule has 2 bridgehead atoms. The van der Waals surface area contributed by atoms with Gasteiger partial charge >= 0.3 is 0 Å². The van der Waals surface area contributed by atoms with Crippen molar-refractivity contribution in [1.82, 2.24) is 4.90 Å². The Morgan fingerprint density at radius 1 is 1.05 bits per heavy atom. The number of phenols is 2. The van der Waals surface area contributed by atoms with Crippen LogP contribution in [0.2, 0.25) is 0 Å². The fourth-order valence-electron chi connectivity index (χ4n) is 6.76. The molecule has 2 aromatic carbocycles. The average Bonchev–Trinajstić information content (AvgIpc) is 2.84. The van der Waals surface area contributed by atoms with E-state index in [-0.39, 0.29) is 46.4 Å². The van der Waals surface area contributed by atoms with Crippen LogP contribution in [0, 0.1) is 0 Å². The fourth-order valence-corrected chi connectivity index (χ4v) is 6.76. The number of benzene rings is 2. The van der Waals surface area contributed by atoms with Crippen molar-refractivity contribution < 1.29 is 49.3 Å². The van der Waals surface area contributed by atoms with E-state index in [1.54, 1.807) is 32.8 Å². The summed E-state index contributed by atoms with van der Waals surface area (Å²) in [4.78, 5) is 29.5. The Balaban J connectivity index is 1.58. The maximum atomic E-state index is 14.1. The van der Waals surface area contributed by atoms with Crippen molar-refractivity contribution in [1.29, 1.82) is 0 Å². The quantitative estimate of drug-likeness (QED) is 0.312. The van der Waals surface area contributed by atoms with Gasteiger partial charge < -0.3 is 44.6 Å². The number of ketones is 2. The maximum absolute atomic E-state index is 14.1. The van der Waals surface area contributed by atoms with Gasteiger partial charge in [-0.1, -0.05) is 0 Å². The summed E-state index contributed by atoms with van der Waals surface area (Å²) in [6.07, 6.45) is -4.29. The number of methoxy groups -OCH3 is 1. The fraction of sp³-hybridized carbons (Fsp3) is 0.500. The molecule has 11 heteroatoms. The molecule has 4 aliphatic rings. The normalized spacial score (nSPS) is 34.6. The second kappa shape index (κ2) is 8.23. The van der Waals surface area contributed by atoms with Crippen LogP contribution in [0.25, 0.3) is 0 Å². The average molecular weight is 542 g/mol. The van der Waals surface area contributed by atoms with Crippen molar-refractivity contribution >= 4 is 11.6 Å². The summed E-state index contributed by atoms with van der Waals surface area (Å²) >= 11 is 0. The standard InChI is InChI=1S/C28H31NO10/c1-27(36)8-10-6-11-16(21(32)15(10)14(9-27)37-5)22(33)17-13(30)7-12-24(18(17)20(11)31)38-26-23(34)19(29(3)4)25(35)28(12,2)39-26/h6-7,14,19,23,25-26,30,32,34-36H,8-9H2,1-5H3/t14-,19-,23+,25-,26-,27-,28+/m0/s1. The highest BCUT2D eigenvalue weighted by molar-refractivity contribution is 6.31. The van der Waals surface area contributed by atoms with E-state index < -0.39 is 64.9 Å². The van der Waals surface area contributed by atoms with Crippen LogP contribution in [-0.2, 0) is 21.5 Å². The summed E-state index contributed by atoms with van der Waals surface area (Å²) < 4.78 is 17.4. The third-order valence-electron chi connectivity index (χ3n) is 8.66. The van der Waals surface area contributed by atoms with Gasteiger partial charge in [0.1, 0.15) is 35.1 Å². The van der Waals surface area contributed by atoms with Gasteiger partial charge in [0.15, 0.2) is 5.78 Å². The molecule has 0 spiro atoms. The zero-order valence-electron chi connectivity index (χ0n) is 22.2. The van der Waals surface area contributed by atoms with Gasteiger partial charge in [0.2, 0.25) is 12.1 Å². The summed E-state index contributed by atoms with van der Waals surface area (Å²) in [5.41, 5.74) is -2.71. The minimum Gasteiger partial charge on any atom is -0.507 e. The summed E-state index contributed by atoms with van der Waals surface area (Å²) in [5, 5.41) is 55.4. The van der Waals surface area contributed by atoms with Crippen molar-refractivity contribution in [2.45, 2.75) is 68.5 Å². The highest BCUT2D eigenvalue weighted by atomic mass is 16.7. The number of fused-ring (bicyclic) bond motifs is 8. The summed E-state index contributed by atoms with van der Waals surface area (Å²) in [6.45, 7) is 3.19. The third kappa shape index (κ3) is 3.38. The molecule has 1 fully saturated rings. The number of nitrogens with zero attached hydrogens (tertiary/aromatic N) is 1. The van der Waals surface area contributed by atoms with Crippen LogP contribution < -0.4 is 4.74 Å². The Hall–Kier alpha value is -3.06. The number of carbonyl (C=O) groups is 2. The number of aromatic hydroxyl groups is 2. The van der Waals surface area contributed by atoms with Crippen molar-refractivity contribution in [2.24, 2.45) is 0 Å². The Kier molecular flexibility index (Phi) is 5.52. The number of phenolic OH excluding ortho intramolecular Hbond substituents is 2. The van der Waals surface area contributed by atoms with Gasteiger partial charge in [0.25, 0.3) is 0 Å². The number of rotatable bonds is 2. The van der Waals surface area contributed by atoms with E-state index in [2.05, 4.69) is 0 Å². The van der Waals surface area contributed by atoms with Gasteiger partial charge in [-0.25, -0.2) is 0 Å². The van der Waals surface area contributed by atoms with E-state index in [4.69, 9.17) is 14.2 Å². The van der Waals surface area contributed by atoms with Crippen LogP contribution in [0.3, 0.4) is 0 Å². The Morgan fingerprint density at radius 3 is 2.38 bits per heavy atom. The molecular formula is C28H31NO10. The number of hydrogen-bond acceptors (Lipinski definition) is 11. The van der Waals surface area contributed by atoms with Crippen LogP contribution in [0.15, 0.2) is 12.1 Å². The highest BCUT2D eigenvalue weighted by Crippen LogP contribution is 2.54. The molecule has 2 aromatic rings. The lowest BCUT2D eigenvalue weighted by Gasteiger charge is -2.53. The van der Waals surface area contributed by atoms with Crippen molar-refractivity contribution in [3.63, 3.8) is 0 Å². The van der Waals surface area contributed by atoms with E-state index in [0.29, 0.717) is 11.1 Å². The molecule has 2 heterocycles. The molecule has 5 N–H and O–H groups in total. The largest absolute Gasteiger partial charge is 0.507 e. The SMILES string of the molecule is CO[C@H]1C[C@@](C)(O)Cc2cc3c(c(O)c21)C(=O)c1c(O)cc2c(c1C3=O)O[C@H]1O[C@@]2(C)[C@@H](O)[C@@H](N(C)C)[C@H]1O. The van der Waals surface area contributed by atoms with E-state index in [1.807, 2.05) is 0 Å². The van der Waals surface area contributed by atoms with Crippen molar-refractivity contribution in [2.75, 3.05) is 21.2 Å². The molecule has 0 unspecified atom stereocenters. The lowest BCUT2D eigenvalue weighted by molar-refractivity contribution is -0.311. The zero-order valence-corrected chi connectivity index (χ0v) is 22.2. The number of likely N-dealkylation sites (N-methyl/N-ethyl adjacent to an activating group) is 1. The Labute approximate surface area is 224 Å². The van der Waals surface area contributed by atoms with E-state index in [9.17, 15) is 35.1 Å². The number of hydrogen-bond donors (Lipinski definition) is 5. The van der Waals surface area contributed by atoms with Gasteiger partial charge in [0, 0.05) is 36.6 Å². The number of carbonyl (C=O) groups excluding carboxylic acids is 2. The van der Waals surface area contributed by atoms with Gasteiger partial charge in [-0.15, -0.1) is 0 Å². The molecule has 7 atom stereocenters. The molecule has 11 nitrogen and oxygen atoms in total. The van der Waals surface area contributed by atoms with Gasteiger partial charge in [-0.2, -0.15) is 0 Å². The first-order valence-corrected chi connectivity index (χ1v) is 12.7. The highest BCUT2D eigenvalue weighted by Gasteiger charge is 2.59. The van der Waals surface area contributed by atoms with E-state index >= 15 is 0 Å². The smallest absolute Gasteiger partial charge is 0.228 e. The molecular weight excluding hydrogens is 510 g/mol. The number of ether oxygens (including phenoxy) is 3. The second-order valence-corrected chi connectivity index (χ2v) is 11.6. The molecule has 2 aliphatic carbocycles. The third-order valence-corrected chi connectivity index (χ3v) is 8.66. The lowest BCUT2D eigenvalue weighted by atomic mass is 9.72. The molecule has 2 aliphatic heterocycles. The first-order valence-electron chi connectivity index (χ1n) is 12.7. The Morgan fingerprint density at radius 2 is 1.74 bits per heavy atom. The minimum absolute atomic E-state index is 0.0835. The predicted octanol–water partition coefficient (Wildman–Crippen LogP) is 0.874. The second-order valence-electron chi connectivity index (χ2n) is 11.6. The molecule has 0 amide bonds. The monoisotopic (exact) mass is 541 g/mol. The number of aliphatic hydroxyl groups excluding tert-OH is 2. The summed E-state index contributed by atoms with van der Waals surface area (Å²) in [7, 11) is 4.80. The molecule has 208 valence electrons. The first kappa shape index (κ1) is 26.2. The molecule has 0 aromatic heterocycles.